The molecular weight excluding hydrogens is 286 g/mol. The van der Waals surface area contributed by atoms with Crippen molar-refractivity contribution < 1.29 is 4.79 Å². The van der Waals surface area contributed by atoms with Crippen LogP contribution in [0.1, 0.15) is 18.0 Å². The Morgan fingerprint density at radius 3 is 2.70 bits per heavy atom. The van der Waals surface area contributed by atoms with E-state index in [1.165, 1.54) is 11.1 Å². The topological polar surface area (TPSA) is 48.1 Å². The van der Waals surface area contributed by atoms with Crippen LogP contribution in [-0.4, -0.2) is 29.0 Å². The zero-order valence-corrected chi connectivity index (χ0v) is 12.8. The summed E-state index contributed by atoms with van der Waals surface area (Å²) in [6, 6.07) is 20.1. The summed E-state index contributed by atoms with van der Waals surface area (Å²) in [7, 11) is 0. The van der Waals surface area contributed by atoms with Crippen LogP contribution in [0, 0.1) is 0 Å². The Hall–Kier alpha value is -2.75. The summed E-state index contributed by atoms with van der Waals surface area (Å²) in [6.45, 7) is 1.55. The summed E-state index contributed by atoms with van der Waals surface area (Å²) < 4.78 is 0. The maximum absolute atomic E-state index is 12.4. The Labute approximate surface area is 135 Å². The summed E-state index contributed by atoms with van der Waals surface area (Å²) in [6.07, 6.45) is 0.995. The number of carbonyl (C=O) groups excluding carboxylic acids is 1. The second-order valence-electron chi connectivity index (χ2n) is 6.04. The van der Waals surface area contributed by atoms with Gasteiger partial charge in [0.1, 0.15) is 0 Å². The molecule has 4 nitrogen and oxygen atoms in total. The van der Waals surface area contributed by atoms with Crippen molar-refractivity contribution in [2.75, 3.05) is 18.4 Å². The molecule has 4 heteroatoms. The predicted octanol–water partition coefficient (Wildman–Crippen LogP) is 4.19. The monoisotopic (exact) mass is 305 g/mol. The molecule has 1 aliphatic rings. The number of likely N-dealkylation sites (tertiary alicyclic amines) is 1. The molecule has 1 atom stereocenters. The minimum Gasteiger partial charge on any atom is -0.358 e. The normalized spacial score (nSPS) is 17.6. The highest BCUT2D eigenvalue weighted by molar-refractivity contribution is 5.89. The van der Waals surface area contributed by atoms with Crippen LogP contribution in [0.2, 0.25) is 0 Å². The molecule has 4 rings (SSSR count). The van der Waals surface area contributed by atoms with Crippen molar-refractivity contribution in [3.8, 4) is 0 Å². The fourth-order valence-electron chi connectivity index (χ4n) is 3.24. The highest BCUT2D eigenvalue weighted by Crippen LogP contribution is 2.29. The molecule has 1 aliphatic heterocycles. The van der Waals surface area contributed by atoms with Gasteiger partial charge in [-0.3, -0.25) is 0 Å². The number of aromatic amines is 1. The van der Waals surface area contributed by atoms with Gasteiger partial charge in [-0.15, -0.1) is 0 Å². The number of fused-ring (bicyclic) bond motifs is 1. The lowest BCUT2D eigenvalue weighted by atomic mass is 10.1. The SMILES string of the molecule is O=C(Nc1ccccc1)N1CCC(c2cc3ccccc3[nH]2)C1. The number of amides is 2. The average molecular weight is 305 g/mol. The van der Waals surface area contributed by atoms with Crippen LogP contribution < -0.4 is 5.32 Å². The van der Waals surface area contributed by atoms with Crippen LogP contribution >= 0.6 is 0 Å². The van der Waals surface area contributed by atoms with E-state index in [0.29, 0.717) is 5.92 Å². The van der Waals surface area contributed by atoms with Crippen LogP contribution in [0.5, 0.6) is 0 Å². The zero-order valence-electron chi connectivity index (χ0n) is 12.8. The highest BCUT2D eigenvalue weighted by atomic mass is 16.2. The van der Waals surface area contributed by atoms with E-state index in [9.17, 15) is 4.79 Å². The van der Waals surface area contributed by atoms with E-state index in [0.717, 1.165) is 30.7 Å². The van der Waals surface area contributed by atoms with Gasteiger partial charge in [-0.1, -0.05) is 36.4 Å². The lowest BCUT2D eigenvalue weighted by molar-refractivity contribution is 0.222. The van der Waals surface area contributed by atoms with Crippen molar-refractivity contribution >= 4 is 22.6 Å². The fourth-order valence-corrected chi connectivity index (χ4v) is 3.24. The van der Waals surface area contributed by atoms with Crippen LogP contribution in [0.25, 0.3) is 10.9 Å². The van der Waals surface area contributed by atoms with Gasteiger partial charge in [0.15, 0.2) is 0 Å². The molecule has 0 radical (unpaired) electrons. The van der Waals surface area contributed by atoms with Crippen molar-refractivity contribution in [3.63, 3.8) is 0 Å². The van der Waals surface area contributed by atoms with Crippen molar-refractivity contribution in [3.05, 3.63) is 66.4 Å². The predicted molar refractivity (Wildman–Crippen MR) is 92.7 cm³/mol. The molecule has 0 aliphatic carbocycles. The van der Waals surface area contributed by atoms with E-state index in [2.05, 4.69) is 28.5 Å². The van der Waals surface area contributed by atoms with Crippen molar-refractivity contribution in [1.29, 1.82) is 0 Å². The van der Waals surface area contributed by atoms with Gasteiger partial charge < -0.3 is 15.2 Å². The fraction of sp³-hybridized carbons (Fsp3) is 0.211. The molecule has 23 heavy (non-hydrogen) atoms. The first-order valence-corrected chi connectivity index (χ1v) is 7.98. The molecule has 2 N–H and O–H groups in total. The van der Waals surface area contributed by atoms with E-state index in [1.807, 2.05) is 47.4 Å². The molecule has 116 valence electrons. The number of urea groups is 1. The molecule has 1 unspecified atom stereocenters. The number of nitrogens with one attached hydrogen (secondary N) is 2. The lowest BCUT2D eigenvalue weighted by Gasteiger charge is -2.17. The number of carbonyl (C=O) groups is 1. The smallest absolute Gasteiger partial charge is 0.321 e. The van der Waals surface area contributed by atoms with Crippen LogP contribution in [0.4, 0.5) is 10.5 Å². The minimum absolute atomic E-state index is 0.0187. The summed E-state index contributed by atoms with van der Waals surface area (Å²) in [5.41, 5.74) is 3.22. The summed E-state index contributed by atoms with van der Waals surface area (Å²) >= 11 is 0. The number of H-pyrrole nitrogens is 1. The van der Waals surface area contributed by atoms with Crippen LogP contribution in [0.3, 0.4) is 0 Å². The zero-order chi connectivity index (χ0) is 15.6. The maximum Gasteiger partial charge on any atom is 0.321 e. The quantitative estimate of drug-likeness (QED) is 0.733. The number of hydrogen-bond acceptors (Lipinski definition) is 1. The van der Waals surface area contributed by atoms with Crippen molar-refractivity contribution in [1.82, 2.24) is 9.88 Å². The number of hydrogen-bond donors (Lipinski definition) is 2. The second-order valence-corrected chi connectivity index (χ2v) is 6.04. The van der Waals surface area contributed by atoms with Gasteiger partial charge in [-0.05, 0) is 36.1 Å². The molecule has 2 heterocycles. The molecule has 1 fully saturated rings. The molecule has 0 spiro atoms. The standard InChI is InChI=1S/C19H19N3O/c23-19(20-16-7-2-1-3-8-16)22-11-10-15(13-22)18-12-14-6-4-5-9-17(14)21-18/h1-9,12,15,21H,10-11,13H2,(H,20,23). The van der Waals surface area contributed by atoms with Gasteiger partial charge in [0.05, 0.1) is 0 Å². The Balaban J connectivity index is 1.45. The Morgan fingerprint density at radius 1 is 1.09 bits per heavy atom. The van der Waals surface area contributed by atoms with Crippen molar-refractivity contribution in [2.45, 2.75) is 12.3 Å². The lowest BCUT2D eigenvalue weighted by Crippen LogP contribution is -2.32. The molecule has 1 aromatic heterocycles. The van der Waals surface area contributed by atoms with Crippen LogP contribution in [0.15, 0.2) is 60.7 Å². The summed E-state index contributed by atoms with van der Waals surface area (Å²) in [5, 5.41) is 4.19. The van der Waals surface area contributed by atoms with E-state index in [4.69, 9.17) is 0 Å². The Bertz CT molecular complexity index is 792. The van der Waals surface area contributed by atoms with Gasteiger partial charge in [0.2, 0.25) is 0 Å². The summed E-state index contributed by atoms with van der Waals surface area (Å²) in [4.78, 5) is 17.7. The van der Waals surface area contributed by atoms with E-state index >= 15 is 0 Å². The first-order chi connectivity index (χ1) is 11.3. The number of para-hydroxylation sites is 2. The van der Waals surface area contributed by atoms with Crippen LogP contribution in [-0.2, 0) is 0 Å². The van der Waals surface area contributed by atoms with Gasteiger partial charge in [0, 0.05) is 35.9 Å². The molecule has 0 bridgehead atoms. The third kappa shape index (κ3) is 2.80. The molecule has 0 saturated carbocycles. The van der Waals surface area contributed by atoms with Crippen molar-refractivity contribution in [2.24, 2.45) is 0 Å². The molecular formula is C19H19N3O. The molecule has 3 aromatic rings. The minimum atomic E-state index is -0.0187. The number of rotatable bonds is 2. The molecule has 1 saturated heterocycles. The largest absolute Gasteiger partial charge is 0.358 e. The van der Waals surface area contributed by atoms with Gasteiger partial charge in [0.25, 0.3) is 0 Å². The number of aromatic nitrogens is 1. The third-order valence-electron chi connectivity index (χ3n) is 4.49. The maximum atomic E-state index is 12.4. The highest BCUT2D eigenvalue weighted by Gasteiger charge is 2.28. The molecule has 2 aromatic carbocycles. The third-order valence-corrected chi connectivity index (χ3v) is 4.49. The van der Waals surface area contributed by atoms with E-state index in [1.54, 1.807) is 0 Å². The Morgan fingerprint density at radius 2 is 1.87 bits per heavy atom. The number of anilines is 1. The second kappa shape index (κ2) is 5.80. The molecule has 2 amide bonds. The van der Waals surface area contributed by atoms with Gasteiger partial charge in [-0.25, -0.2) is 4.79 Å². The first-order valence-electron chi connectivity index (χ1n) is 7.98. The first kappa shape index (κ1) is 13.9. The number of nitrogens with zero attached hydrogens (tertiary/aromatic N) is 1. The van der Waals surface area contributed by atoms with Gasteiger partial charge in [-0.2, -0.15) is 0 Å². The van der Waals surface area contributed by atoms with E-state index < -0.39 is 0 Å². The Kier molecular flexibility index (Phi) is 3.50. The average Bonchev–Trinajstić information content (AvgIpc) is 3.22. The summed E-state index contributed by atoms with van der Waals surface area (Å²) in [5.74, 6) is 0.379. The van der Waals surface area contributed by atoms with Gasteiger partial charge >= 0.3 is 6.03 Å². The number of benzene rings is 2. The van der Waals surface area contributed by atoms with E-state index in [-0.39, 0.29) is 6.03 Å².